The van der Waals surface area contributed by atoms with Gasteiger partial charge in [0, 0.05) is 29.6 Å². The summed E-state index contributed by atoms with van der Waals surface area (Å²) in [4.78, 5) is 15.7. The third-order valence-electron chi connectivity index (χ3n) is 5.70. The molecule has 1 aliphatic rings. The number of nitrogens with zero attached hydrogens (tertiary/aromatic N) is 4. The number of rotatable bonds is 7. The molecule has 2 aromatic heterocycles. The Hall–Kier alpha value is -3.96. The van der Waals surface area contributed by atoms with Crippen LogP contribution >= 0.6 is 0 Å². The van der Waals surface area contributed by atoms with Gasteiger partial charge in [-0.2, -0.15) is 4.98 Å². The van der Waals surface area contributed by atoms with Crippen molar-refractivity contribution >= 4 is 5.69 Å². The molecular weight excluding hydrogens is 416 g/mol. The minimum atomic E-state index is -0.0102. The molecule has 4 aromatic rings. The summed E-state index contributed by atoms with van der Waals surface area (Å²) in [5.74, 6) is 2.41. The standard InChI is InChI=1S/C25H24N6O2/c1-15(2)32-22-10-7-16(13-21(22)26-3)25-30-24(31-33-25)19-6-4-5-18-17(19)8-9-20(18)29-14-23-27-11-12-28-23/h4-7,10-13,15,20,29H,8-9,14H2,1-2H3,(H,27,28)/t20-/m0/s1. The topological polar surface area (TPSA) is 93.2 Å². The van der Waals surface area contributed by atoms with Gasteiger partial charge in [-0.15, -0.1) is 0 Å². The molecule has 8 heteroatoms. The summed E-state index contributed by atoms with van der Waals surface area (Å²) in [6.45, 7) is 12.0. The fourth-order valence-electron chi connectivity index (χ4n) is 4.23. The van der Waals surface area contributed by atoms with E-state index in [1.807, 2.05) is 38.2 Å². The van der Waals surface area contributed by atoms with E-state index in [1.54, 1.807) is 18.3 Å². The predicted molar refractivity (Wildman–Crippen MR) is 124 cm³/mol. The highest BCUT2D eigenvalue weighted by atomic mass is 16.5. The normalized spacial score (nSPS) is 14.9. The zero-order valence-electron chi connectivity index (χ0n) is 18.5. The highest BCUT2D eigenvalue weighted by molar-refractivity contribution is 5.70. The number of nitrogens with one attached hydrogen (secondary N) is 2. The Kier molecular flexibility index (Phi) is 5.63. The van der Waals surface area contributed by atoms with E-state index in [4.69, 9.17) is 15.8 Å². The van der Waals surface area contributed by atoms with E-state index in [0.717, 1.165) is 24.2 Å². The van der Waals surface area contributed by atoms with E-state index in [1.165, 1.54) is 11.1 Å². The molecule has 0 bridgehead atoms. The Morgan fingerprint density at radius 3 is 3.00 bits per heavy atom. The first-order valence-electron chi connectivity index (χ1n) is 11.0. The van der Waals surface area contributed by atoms with Gasteiger partial charge >= 0.3 is 0 Å². The molecule has 0 fully saturated rings. The summed E-state index contributed by atoms with van der Waals surface area (Å²) < 4.78 is 11.3. The first kappa shape index (κ1) is 20.9. The van der Waals surface area contributed by atoms with Crippen LogP contribution in [0.5, 0.6) is 5.75 Å². The molecule has 0 unspecified atom stereocenters. The van der Waals surface area contributed by atoms with Crippen molar-refractivity contribution in [2.45, 2.75) is 45.4 Å². The van der Waals surface area contributed by atoms with Crippen LogP contribution in [0, 0.1) is 6.57 Å². The molecule has 0 radical (unpaired) electrons. The smallest absolute Gasteiger partial charge is 0.256 e. The van der Waals surface area contributed by atoms with Crippen LogP contribution in [0.4, 0.5) is 5.69 Å². The van der Waals surface area contributed by atoms with Crippen molar-refractivity contribution in [1.29, 1.82) is 0 Å². The first-order valence-corrected chi connectivity index (χ1v) is 11.0. The van der Waals surface area contributed by atoms with Gasteiger partial charge in [0.05, 0.1) is 19.2 Å². The fourth-order valence-corrected chi connectivity index (χ4v) is 4.23. The van der Waals surface area contributed by atoms with E-state index in [9.17, 15) is 0 Å². The second-order valence-electron chi connectivity index (χ2n) is 8.27. The molecule has 8 nitrogen and oxygen atoms in total. The molecule has 1 aliphatic carbocycles. The van der Waals surface area contributed by atoms with Gasteiger partial charge in [0.25, 0.3) is 5.89 Å². The lowest BCUT2D eigenvalue weighted by molar-refractivity contribution is 0.244. The van der Waals surface area contributed by atoms with E-state index in [-0.39, 0.29) is 12.1 Å². The molecule has 2 N–H and O–H groups in total. The van der Waals surface area contributed by atoms with Crippen molar-refractivity contribution in [3.8, 4) is 28.6 Å². The van der Waals surface area contributed by atoms with Gasteiger partial charge in [-0.3, -0.25) is 0 Å². The number of hydrogen-bond acceptors (Lipinski definition) is 6. The number of hydrogen-bond donors (Lipinski definition) is 2. The van der Waals surface area contributed by atoms with Crippen LogP contribution in [0.15, 0.2) is 53.3 Å². The maximum absolute atomic E-state index is 7.48. The van der Waals surface area contributed by atoms with E-state index in [2.05, 4.69) is 36.3 Å². The average Bonchev–Trinajstić information content (AvgIpc) is 3.58. The second-order valence-corrected chi connectivity index (χ2v) is 8.27. The van der Waals surface area contributed by atoms with E-state index in [0.29, 0.717) is 35.3 Å². The Morgan fingerprint density at radius 1 is 1.30 bits per heavy atom. The van der Waals surface area contributed by atoms with Gasteiger partial charge in [0.2, 0.25) is 11.5 Å². The lowest BCUT2D eigenvalue weighted by Crippen LogP contribution is -2.19. The molecule has 166 valence electrons. The molecule has 0 saturated carbocycles. The van der Waals surface area contributed by atoms with Crippen LogP contribution in [-0.4, -0.2) is 26.2 Å². The molecule has 0 saturated heterocycles. The number of fused-ring (bicyclic) bond motifs is 1. The number of ether oxygens (including phenoxy) is 1. The zero-order valence-corrected chi connectivity index (χ0v) is 18.5. The maximum atomic E-state index is 7.48. The lowest BCUT2D eigenvalue weighted by atomic mass is 10.0. The third kappa shape index (κ3) is 4.23. The summed E-state index contributed by atoms with van der Waals surface area (Å²) in [5, 5.41) is 7.83. The van der Waals surface area contributed by atoms with Crippen LogP contribution in [0.1, 0.15) is 43.3 Å². The van der Waals surface area contributed by atoms with E-state index < -0.39 is 0 Å². The van der Waals surface area contributed by atoms with Gasteiger partial charge in [-0.25, -0.2) is 9.83 Å². The van der Waals surface area contributed by atoms with Gasteiger partial charge in [-0.05, 0) is 56.0 Å². The van der Waals surface area contributed by atoms with Crippen LogP contribution in [0.25, 0.3) is 27.7 Å². The second kappa shape index (κ2) is 8.88. The monoisotopic (exact) mass is 440 g/mol. The molecular formula is C25H24N6O2. The van der Waals surface area contributed by atoms with Crippen molar-refractivity contribution < 1.29 is 9.26 Å². The minimum Gasteiger partial charge on any atom is -0.502 e. The number of aromatic nitrogens is 4. The fraction of sp³-hybridized carbons (Fsp3) is 0.280. The first-order chi connectivity index (χ1) is 16.1. The Bertz CT molecular complexity index is 1300. The summed E-state index contributed by atoms with van der Waals surface area (Å²) >= 11 is 0. The molecule has 2 aromatic carbocycles. The minimum absolute atomic E-state index is 0.0102. The van der Waals surface area contributed by atoms with Crippen molar-refractivity contribution in [2.75, 3.05) is 0 Å². The maximum Gasteiger partial charge on any atom is 0.256 e. The van der Waals surface area contributed by atoms with Crippen LogP contribution in [-0.2, 0) is 13.0 Å². The Balaban J connectivity index is 1.39. The van der Waals surface area contributed by atoms with Crippen LogP contribution < -0.4 is 10.1 Å². The number of imidazole rings is 1. The summed E-state index contributed by atoms with van der Waals surface area (Å²) in [7, 11) is 0. The van der Waals surface area contributed by atoms with Crippen molar-refractivity contribution in [3.05, 3.63) is 77.2 Å². The number of benzene rings is 2. The molecule has 5 rings (SSSR count). The molecule has 2 heterocycles. The zero-order chi connectivity index (χ0) is 22.8. The van der Waals surface area contributed by atoms with Crippen molar-refractivity contribution in [2.24, 2.45) is 0 Å². The number of H-pyrrole nitrogens is 1. The Morgan fingerprint density at radius 2 is 2.21 bits per heavy atom. The molecule has 33 heavy (non-hydrogen) atoms. The predicted octanol–water partition coefficient (Wildman–Crippen LogP) is 5.24. The largest absolute Gasteiger partial charge is 0.502 e. The quantitative estimate of drug-likeness (QED) is 0.382. The summed E-state index contributed by atoms with van der Waals surface area (Å²) in [6.07, 6.45) is 5.52. The average molecular weight is 441 g/mol. The SMILES string of the molecule is [C-]#[N+]c1cc(-c2nc(-c3cccc4c3CC[C@@H]4NCc3ncc[nH]3)no2)ccc1OC(C)C. The van der Waals surface area contributed by atoms with Crippen LogP contribution in [0.2, 0.25) is 0 Å². The molecule has 0 spiro atoms. The number of aromatic amines is 1. The Labute approximate surface area is 191 Å². The van der Waals surface area contributed by atoms with E-state index >= 15 is 0 Å². The third-order valence-corrected chi connectivity index (χ3v) is 5.70. The molecule has 0 amide bonds. The highest BCUT2D eigenvalue weighted by Gasteiger charge is 2.26. The summed E-state index contributed by atoms with van der Waals surface area (Å²) in [5.41, 5.74) is 4.60. The van der Waals surface area contributed by atoms with Gasteiger partial charge in [0.15, 0.2) is 0 Å². The molecule has 0 aliphatic heterocycles. The van der Waals surface area contributed by atoms with Gasteiger partial charge in [-0.1, -0.05) is 23.4 Å². The van der Waals surface area contributed by atoms with Crippen LogP contribution in [0.3, 0.4) is 0 Å². The summed E-state index contributed by atoms with van der Waals surface area (Å²) in [6, 6.07) is 11.8. The van der Waals surface area contributed by atoms with Gasteiger partial charge in [0.1, 0.15) is 11.6 Å². The highest BCUT2D eigenvalue weighted by Crippen LogP contribution is 2.38. The lowest BCUT2D eigenvalue weighted by Gasteiger charge is -2.13. The van der Waals surface area contributed by atoms with Gasteiger partial charge < -0.3 is 19.6 Å². The van der Waals surface area contributed by atoms with Crippen molar-refractivity contribution in [3.63, 3.8) is 0 Å². The molecule has 1 atom stereocenters. The van der Waals surface area contributed by atoms with Crippen molar-refractivity contribution in [1.82, 2.24) is 25.4 Å².